The number of hydrogen-bond donors (Lipinski definition) is 1. The van der Waals surface area contributed by atoms with E-state index in [1.165, 1.54) is 16.0 Å². The fourth-order valence-corrected chi connectivity index (χ4v) is 2.66. The average Bonchev–Trinajstić information content (AvgIpc) is 2.88. The topological polar surface area (TPSA) is 72.7 Å². The first-order chi connectivity index (χ1) is 9.65. The molecule has 0 aliphatic carbocycles. The zero-order valence-electron chi connectivity index (χ0n) is 12.0. The van der Waals surface area contributed by atoms with Crippen LogP contribution in [-0.4, -0.2) is 26.5 Å². The lowest BCUT2D eigenvalue weighted by Crippen LogP contribution is -2.25. The molecule has 6 nitrogen and oxygen atoms in total. The fourth-order valence-electron chi connectivity index (χ4n) is 1.84. The van der Waals surface area contributed by atoms with Crippen LogP contribution in [0, 0.1) is 6.92 Å². The molecule has 0 radical (unpaired) electrons. The number of rotatable bonds is 6. The standard InChI is InChI=1S/C13H19N5OS/c1-4-6-7-18-12(19)10(8-9(3)17-18)11-15-16-13(20-11)14-5-2/h8H,4-7H2,1-3H3,(H,14,16). The molecule has 108 valence electrons. The molecule has 0 fully saturated rings. The summed E-state index contributed by atoms with van der Waals surface area (Å²) in [7, 11) is 0. The van der Waals surface area contributed by atoms with E-state index in [0.717, 1.165) is 30.2 Å². The van der Waals surface area contributed by atoms with Gasteiger partial charge in [-0.2, -0.15) is 5.10 Å². The molecule has 2 aromatic heterocycles. The Hall–Kier alpha value is -1.76. The van der Waals surface area contributed by atoms with Gasteiger partial charge >= 0.3 is 0 Å². The van der Waals surface area contributed by atoms with Crippen LogP contribution in [-0.2, 0) is 6.54 Å². The molecule has 1 N–H and O–H groups in total. The maximum Gasteiger partial charge on any atom is 0.277 e. The van der Waals surface area contributed by atoms with Crippen molar-refractivity contribution in [3.8, 4) is 10.6 Å². The molecule has 0 saturated heterocycles. The maximum atomic E-state index is 12.4. The molecule has 0 saturated carbocycles. The van der Waals surface area contributed by atoms with Crippen molar-refractivity contribution in [2.45, 2.75) is 40.2 Å². The summed E-state index contributed by atoms with van der Waals surface area (Å²) in [6.45, 7) is 7.40. The van der Waals surface area contributed by atoms with Gasteiger partial charge in [-0.15, -0.1) is 10.2 Å². The number of aromatic nitrogens is 4. The van der Waals surface area contributed by atoms with Gasteiger partial charge in [0.25, 0.3) is 5.56 Å². The van der Waals surface area contributed by atoms with E-state index >= 15 is 0 Å². The zero-order chi connectivity index (χ0) is 14.5. The van der Waals surface area contributed by atoms with Crippen LogP contribution in [0.15, 0.2) is 10.9 Å². The third-order valence-electron chi connectivity index (χ3n) is 2.80. The first kappa shape index (κ1) is 14.6. The van der Waals surface area contributed by atoms with Gasteiger partial charge in [-0.25, -0.2) is 4.68 Å². The molecule has 2 aromatic rings. The van der Waals surface area contributed by atoms with E-state index in [4.69, 9.17) is 0 Å². The minimum absolute atomic E-state index is 0.0942. The van der Waals surface area contributed by atoms with Crippen molar-refractivity contribution in [3.63, 3.8) is 0 Å². The quantitative estimate of drug-likeness (QED) is 0.884. The van der Waals surface area contributed by atoms with Gasteiger partial charge in [-0.05, 0) is 26.3 Å². The molecule has 0 unspecified atom stereocenters. The van der Waals surface area contributed by atoms with E-state index in [1.54, 1.807) is 6.07 Å². The highest BCUT2D eigenvalue weighted by atomic mass is 32.1. The Morgan fingerprint density at radius 3 is 2.85 bits per heavy atom. The first-order valence-corrected chi connectivity index (χ1v) is 7.63. The molecule has 0 aromatic carbocycles. The van der Waals surface area contributed by atoms with Gasteiger partial charge in [0, 0.05) is 13.1 Å². The Labute approximate surface area is 121 Å². The summed E-state index contributed by atoms with van der Waals surface area (Å²) in [4.78, 5) is 12.4. The van der Waals surface area contributed by atoms with Gasteiger partial charge < -0.3 is 5.32 Å². The summed E-state index contributed by atoms with van der Waals surface area (Å²) in [6, 6.07) is 1.78. The molecule has 0 spiro atoms. The highest BCUT2D eigenvalue weighted by Gasteiger charge is 2.13. The molecule has 2 heterocycles. The molecule has 7 heteroatoms. The van der Waals surface area contributed by atoms with Crippen LogP contribution in [0.1, 0.15) is 32.4 Å². The maximum absolute atomic E-state index is 12.4. The van der Waals surface area contributed by atoms with Crippen LogP contribution >= 0.6 is 11.3 Å². The number of anilines is 1. The van der Waals surface area contributed by atoms with Crippen molar-refractivity contribution in [1.29, 1.82) is 0 Å². The summed E-state index contributed by atoms with van der Waals surface area (Å²) in [5, 5.41) is 16.9. The number of nitrogens with zero attached hydrogens (tertiary/aromatic N) is 4. The van der Waals surface area contributed by atoms with E-state index < -0.39 is 0 Å². The van der Waals surface area contributed by atoms with E-state index in [1.807, 2.05) is 13.8 Å². The van der Waals surface area contributed by atoms with Gasteiger partial charge in [0.1, 0.15) is 0 Å². The number of nitrogens with one attached hydrogen (secondary N) is 1. The summed E-state index contributed by atoms with van der Waals surface area (Å²) >= 11 is 1.39. The minimum Gasteiger partial charge on any atom is -0.360 e. The van der Waals surface area contributed by atoms with Crippen LogP contribution in [0.4, 0.5) is 5.13 Å². The lowest BCUT2D eigenvalue weighted by atomic mass is 10.2. The average molecular weight is 293 g/mol. The van der Waals surface area contributed by atoms with Crippen molar-refractivity contribution < 1.29 is 0 Å². The molecular weight excluding hydrogens is 274 g/mol. The molecule has 0 aliphatic heterocycles. The number of aryl methyl sites for hydroxylation is 2. The Morgan fingerprint density at radius 2 is 2.15 bits per heavy atom. The molecule has 0 bridgehead atoms. The molecule has 0 amide bonds. The molecule has 0 atom stereocenters. The van der Waals surface area contributed by atoms with Crippen LogP contribution in [0.5, 0.6) is 0 Å². The van der Waals surface area contributed by atoms with Crippen molar-refractivity contribution in [3.05, 3.63) is 22.1 Å². The Kier molecular flexibility index (Phi) is 4.84. The van der Waals surface area contributed by atoms with Crippen LogP contribution in [0.25, 0.3) is 10.6 Å². The van der Waals surface area contributed by atoms with Gasteiger partial charge in [0.05, 0.1) is 11.3 Å². The fraction of sp³-hybridized carbons (Fsp3) is 0.538. The molecule has 2 rings (SSSR count). The van der Waals surface area contributed by atoms with Crippen molar-refractivity contribution in [2.75, 3.05) is 11.9 Å². The third-order valence-corrected chi connectivity index (χ3v) is 3.72. The number of unbranched alkanes of at least 4 members (excludes halogenated alkanes) is 1. The lowest BCUT2D eigenvalue weighted by molar-refractivity contribution is 0.538. The van der Waals surface area contributed by atoms with Crippen LogP contribution < -0.4 is 10.9 Å². The summed E-state index contributed by atoms with van der Waals surface area (Å²) < 4.78 is 1.53. The Balaban J connectivity index is 2.39. The predicted octanol–water partition coefficient (Wildman–Crippen LogP) is 2.30. The highest BCUT2D eigenvalue weighted by molar-refractivity contribution is 7.18. The van der Waals surface area contributed by atoms with Gasteiger partial charge in [0.15, 0.2) is 5.01 Å². The summed E-state index contributed by atoms with van der Waals surface area (Å²) in [5.74, 6) is 0. The van der Waals surface area contributed by atoms with E-state index in [2.05, 4.69) is 27.5 Å². The molecule has 20 heavy (non-hydrogen) atoms. The first-order valence-electron chi connectivity index (χ1n) is 6.82. The minimum atomic E-state index is -0.0942. The largest absolute Gasteiger partial charge is 0.360 e. The van der Waals surface area contributed by atoms with Gasteiger partial charge in [0.2, 0.25) is 5.13 Å². The van der Waals surface area contributed by atoms with Gasteiger partial charge in [-0.3, -0.25) is 4.79 Å². The second kappa shape index (κ2) is 6.60. The monoisotopic (exact) mass is 293 g/mol. The predicted molar refractivity (Wildman–Crippen MR) is 81.2 cm³/mol. The second-order valence-corrected chi connectivity index (χ2v) is 5.50. The van der Waals surface area contributed by atoms with Crippen molar-refractivity contribution in [1.82, 2.24) is 20.0 Å². The SMILES string of the molecule is CCCCn1nc(C)cc(-c2nnc(NCC)s2)c1=O. The van der Waals surface area contributed by atoms with Crippen molar-refractivity contribution >= 4 is 16.5 Å². The van der Waals surface area contributed by atoms with Crippen molar-refractivity contribution in [2.24, 2.45) is 0 Å². The summed E-state index contributed by atoms with van der Waals surface area (Å²) in [5.41, 5.74) is 1.30. The van der Waals surface area contributed by atoms with Gasteiger partial charge in [-0.1, -0.05) is 24.7 Å². The third kappa shape index (κ3) is 3.22. The van der Waals surface area contributed by atoms with E-state index in [-0.39, 0.29) is 5.56 Å². The summed E-state index contributed by atoms with van der Waals surface area (Å²) in [6.07, 6.45) is 1.97. The lowest BCUT2D eigenvalue weighted by Gasteiger charge is -2.06. The van der Waals surface area contributed by atoms with Crippen LogP contribution in [0.2, 0.25) is 0 Å². The van der Waals surface area contributed by atoms with E-state index in [9.17, 15) is 4.79 Å². The smallest absolute Gasteiger partial charge is 0.277 e. The molecule has 0 aliphatic rings. The Bertz CT molecular complexity index is 634. The number of hydrogen-bond acceptors (Lipinski definition) is 6. The van der Waals surface area contributed by atoms with Crippen LogP contribution in [0.3, 0.4) is 0 Å². The Morgan fingerprint density at radius 1 is 1.35 bits per heavy atom. The normalized spacial score (nSPS) is 10.8. The van der Waals surface area contributed by atoms with E-state index in [0.29, 0.717) is 17.1 Å². The highest BCUT2D eigenvalue weighted by Crippen LogP contribution is 2.23. The molecular formula is C13H19N5OS. The second-order valence-electron chi connectivity index (χ2n) is 4.52. The zero-order valence-corrected chi connectivity index (χ0v) is 12.8.